The molecule has 0 aliphatic heterocycles. The van der Waals surface area contributed by atoms with Gasteiger partial charge in [-0.25, -0.2) is 8.78 Å². The smallest absolute Gasteiger partial charge is 0.228 e. The van der Waals surface area contributed by atoms with Crippen molar-refractivity contribution in [3.05, 3.63) is 65.2 Å². The molecule has 0 radical (unpaired) electrons. The molecule has 0 heterocycles. The predicted molar refractivity (Wildman–Crippen MR) is 70.5 cm³/mol. The summed E-state index contributed by atoms with van der Waals surface area (Å²) in [6.07, 6.45) is 0.501. The van der Waals surface area contributed by atoms with Crippen LogP contribution < -0.4 is 5.32 Å². The zero-order valence-electron chi connectivity index (χ0n) is 10.4. The van der Waals surface area contributed by atoms with Crippen LogP contribution in [0.15, 0.2) is 42.5 Å². The Morgan fingerprint density at radius 1 is 1.10 bits per heavy atom. The first-order chi connectivity index (χ1) is 9.58. The summed E-state index contributed by atoms with van der Waals surface area (Å²) in [4.78, 5) is 22.2. The molecular formula is C15H11F2NO2. The number of nitrogens with one attached hydrogen (secondary N) is 1. The second kappa shape index (κ2) is 6.06. The minimum absolute atomic E-state index is 0.119. The average Bonchev–Trinajstić information content (AvgIpc) is 2.43. The molecule has 0 spiro atoms. The molecule has 102 valence electrons. The van der Waals surface area contributed by atoms with Gasteiger partial charge in [-0.2, -0.15) is 0 Å². The van der Waals surface area contributed by atoms with E-state index in [2.05, 4.69) is 5.32 Å². The summed E-state index contributed by atoms with van der Waals surface area (Å²) >= 11 is 0. The van der Waals surface area contributed by atoms with Crippen LogP contribution in [0.1, 0.15) is 15.9 Å². The number of carbonyl (C=O) groups excluding carboxylic acids is 2. The Bertz CT molecular complexity index is 639. The van der Waals surface area contributed by atoms with Crippen LogP contribution >= 0.6 is 0 Å². The molecule has 0 atom stereocenters. The molecule has 2 rings (SSSR count). The maximum atomic E-state index is 13.4. The van der Waals surface area contributed by atoms with Crippen LogP contribution in [0, 0.1) is 11.6 Å². The third kappa shape index (κ3) is 3.47. The fourth-order valence-corrected chi connectivity index (χ4v) is 1.69. The Hall–Kier alpha value is -2.56. The monoisotopic (exact) mass is 275 g/mol. The Balaban J connectivity index is 2.02. The van der Waals surface area contributed by atoms with Gasteiger partial charge in [-0.1, -0.05) is 6.07 Å². The van der Waals surface area contributed by atoms with Gasteiger partial charge in [0.2, 0.25) is 5.91 Å². The molecule has 5 heteroatoms. The number of rotatable bonds is 4. The van der Waals surface area contributed by atoms with Crippen LogP contribution in [0.3, 0.4) is 0 Å². The summed E-state index contributed by atoms with van der Waals surface area (Å²) in [5.41, 5.74) is 1.11. The largest absolute Gasteiger partial charge is 0.326 e. The predicted octanol–water partition coefficient (Wildman–Crippen LogP) is 2.96. The van der Waals surface area contributed by atoms with Crippen molar-refractivity contribution in [2.45, 2.75) is 6.42 Å². The number of halogens is 2. The third-order valence-electron chi connectivity index (χ3n) is 2.70. The van der Waals surface area contributed by atoms with Crippen molar-refractivity contribution in [3.8, 4) is 0 Å². The Kier molecular flexibility index (Phi) is 4.20. The summed E-state index contributed by atoms with van der Waals surface area (Å²) in [6.45, 7) is 0. The number of anilines is 1. The highest BCUT2D eigenvalue weighted by atomic mass is 19.1. The van der Waals surface area contributed by atoms with Crippen LogP contribution in [0.2, 0.25) is 0 Å². The number of aldehydes is 1. The normalized spacial score (nSPS) is 10.1. The lowest BCUT2D eigenvalue weighted by atomic mass is 10.1. The summed E-state index contributed by atoms with van der Waals surface area (Å²) in [5.74, 6) is -1.86. The molecule has 0 aliphatic rings. The van der Waals surface area contributed by atoms with Crippen LogP contribution in [0.25, 0.3) is 0 Å². The number of hydrogen-bond donors (Lipinski definition) is 1. The van der Waals surface area contributed by atoms with Crippen molar-refractivity contribution < 1.29 is 18.4 Å². The van der Waals surface area contributed by atoms with Gasteiger partial charge in [0.15, 0.2) is 0 Å². The Morgan fingerprint density at radius 2 is 1.80 bits per heavy atom. The van der Waals surface area contributed by atoms with E-state index in [9.17, 15) is 18.4 Å². The van der Waals surface area contributed by atoms with Crippen LogP contribution in [0.4, 0.5) is 14.5 Å². The van der Waals surface area contributed by atoms with Gasteiger partial charge in [-0.05, 0) is 35.9 Å². The fourth-order valence-electron chi connectivity index (χ4n) is 1.69. The van der Waals surface area contributed by atoms with Crippen molar-refractivity contribution in [2.75, 3.05) is 5.32 Å². The van der Waals surface area contributed by atoms with E-state index in [1.165, 1.54) is 6.07 Å². The van der Waals surface area contributed by atoms with E-state index in [0.717, 1.165) is 12.1 Å². The number of benzene rings is 2. The highest BCUT2D eigenvalue weighted by Gasteiger charge is 2.09. The van der Waals surface area contributed by atoms with Gasteiger partial charge in [0, 0.05) is 17.3 Å². The number of hydrogen-bond acceptors (Lipinski definition) is 2. The zero-order valence-corrected chi connectivity index (χ0v) is 10.4. The van der Waals surface area contributed by atoms with Gasteiger partial charge in [0.25, 0.3) is 0 Å². The quantitative estimate of drug-likeness (QED) is 0.872. The van der Waals surface area contributed by atoms with E-state index in [1.807, 2.05) is 0 Å². The van der Waals surface area contributed by atoms with Gasteiger partial charge in [-0.15, -0.1) is 0 Å². The molecule has 0 bridgehead atoms. The van der Waals surface area contributed by atoms with E-state index >= 15 is 0 Å². The van der Waals surface area contributed by atoms with Crippen molar-refractivity contribution in [2.24, 2.45) is 0 Å². The molecule has 3 nitrogen and oxygen atoms in total. The molecule has 0 saturated heterocycles. The lowest BCUT2D eigenvalue weighted by Gasteiger charge is -2.06. The molecule has 0 saturated carbocycles. The standard InChI is InChI=1S/C15H11F2NO2/c16-12-4-3-11(14(17)8-12)7-15(20)18-13-5-1-10(9-19)2-6-13/h1-6,8-9H,7H2,(H,18,20). The maximum absolute atomic E-state index is 13.4. The summed E-state index contributed by atoms with van der Waals surface area (Å²) < 4.78 is 26.1. The highest BCUT2D eigenvalue weighted by molar-refractivity contribution is 5.92. The van der Waals surface area contributed by atoms with Crippen molar-refractivity contribution in [1.29, 1.82) is 0 Å². The van der Waals surface area contributed by atoms with E-state index in [4.69, 9.17) is 0 Å². The number of amides is 1. The molecule has 0 aromatic heterocycles. The van der Waals surface area contributed by atoms with E-state index in [0.29, 0.717) is 17.5 Å². The van der Waals surface area contributed by atoms with E-state index in [-0.39, 0.29) is 12.0 Å². The molecule has 0 unspecified atom stereocenters. The van der Waals surface area contributed by atoms with Crippen LogP contribution in [-0.2, 0) is 11.2 Å². The minimum atomic E-state index is -0.753. The van der Waals surface area contributed by atoms with Crippen molar-refractivity contribution in [1.82, 2.24) is 0 Å². The average molecular weight is 275 g/mol. The minimum Gasteiger partial charge on any atom is -0.326 e. The Morgan fingerprint density at radius 3 is 2.40 bits per heavy atom. The summed E-state index contributed by atoms with van der Waals surface area (Å²) in [7, 11) is 0. The lowest BCUT2D eigenvalue weighted by molar-refractivity contribution is -0.115. The molecule has 20 heavy (non-hydrogen) atoms. The first kappa shape index (κ1) is 13.9. The van der Waals surface area contributed by atoms with Gasteiger partial charge in [0.05, 0.1) is 6.42 Å². The maximum Gasteiger partial charge on any atom is 0.228 e. The van der Waals surface area contributed by atoms with E-state index < -0.39 is 17.5 Å². The zero-order chi connectivity index (χ0) is 14.5. The fraction of sp³-hybridized carbons (Fsp3) is 0.0667. The topological polar surface area (TPSA) is 46.2 Å². The summed E-state index contributed by atoms with van der Waals surface area (Å²) in [6, 6.07) is 9.33. The SMILES string of the molecule is O=Cc1ccc(NC(=O)Cc2ccc(F)cc2F)cc1. The first-order valence-electron chi connectivity index (χ1n) is 5.87. The Labute approximate surface area is 114 Å². The molecule has 1 amide bonds. The van der Waals surface area contributed by atoms with Crippen LogP contribution in [0.5, 0.6) is 0 Å². The molecular weight excluding hydrogens is 264 g/mol. The molecule has 2 aromatic carbocycles. The van der Waals surface area contributed by atoms with Gasteiger partial charge in [0.1, 0.15) is 17.9 Å². The number of carbonyl (C=O) groups is 2. The molecule has 2 aromatic rings. The lowest BCUT2D eigenvalue weighted by Crippen LogP contribution is -2.15. The molecule has 1 N–H and O–H groups in total. The van der Waals surface area contributed by atoms with Crippen LogP contribution in [-0.4, -0.2) is 12.2 Å². The highest BCUT2D eigenvalue weighted by Crippen LogP contribution is 2.12. The first-order valence-corrected chi connectivity index (χ1v) is 5.87. The van der Waals surface area contributed by atoms with Gasteiger partial charge < -0.3 is 5.32 Å². The summed E-state index contributed by atoms with van der Waals surface area (Å²) in [5, 5.41) is 2.57. The van der Waals surface area contributed by atoms with Gasteiger partial charge in [-0.3, -0.25) is 9.59 Å². The van der Waals surface area contributed by atoms with Crippen molar-refractivity contribution >= 4 is 17.9 Å². The molecule has 0 aliphatic carbocycles. The van der Waals surface area contributed by atoms with Crippen molar-refractivity contribution in [3.63, 3.8) is 0 Å². The second-order valence-electron chi connectivity index (χ2n) is 4.20. The third-order valence-corrected chi connectivity index (χ3v) is 2.70. The molecule has 0 fully saturated rings. The second-order valence-corrected chi connectivity index (χ2v) is 4.20. The van der Waals surface area contributed by atoms with Gasteiger partial charge >= 0.3 is 0 Å². The van der Waals surface area contributed by atoms with E-state index in [1.54, 1.807) is 24.3 Å².